The maximum absolute atomic E-state index is 4.75. The van der Waals surface area contributed by atoms with Gasteiger partial charge in [-0.05, 0) is 37.9 Å². The molecule has 0 unspecified atom stereocenters. The van der Waals surface area contributed by atoms with Crippen molar-refractivity contribution in [2.24, 2.45) is 0 Å². The van der Waals surface area contributed by atoms with E-state index in [0.29, 0.717) is 0 Å². The summed E-state index contributed by atoms with van der Waals surface area (Å²) in [4.78, 5) is 0. The standard InChI is InChI=1S/C7H13NS/c9-6-8-7-4-2-1-3-5-7/h6-7H,1-5H2,(H,8,9)/p+1. The first-order valence-corrected chi connectivity index (χ1v) is 4.19. The maximum atomic E-state index is 4.75. The molecule has 0 radical (unpaired) electrons. The normalized spacial score (nSPS) is 21.8. The van der Waals surface area contributed by atoms with Gasteiger partial charge < -0.3 is 5.32 Å². The fourth-order valence-electron chi connectivity index (χ4n) is 1.44. The minimum Gasteiger partial charge on any atom is -0.308 e. The first-order valence-electron chi connectivity index (χ1n) is 3.72. The smallest absolute Gasteiger partial charge is 0.158 e. The van der Waals surface area contributed by atoms with Gasteiger partial charge in [-0.25, -0.2) is 0 Å². The number of quaternary nitrogens is 1. The Morgan fingerprint density at radius 3 is 2.44 bits per heavy atom. The summed E-state index contributed by atoms with van der Waals surface area (Å²) in [5.74, 6) is 0. The monoisotopic (exact) mass is 144 g/mol. The summed E-state index contributed by atoms with van der Waals surface area (Å²) < 4.78 is 0. The van der Waals surface area contributed by atoms with E-state index in [1.165, 1.54) is 32.1 Å². The molecule has 1 saturated carbocycles. The third kappa shape index (κ3) is 2.41. The Bertz CT molecular complexity index is 86.9. The molecule has 9 heavy (non-hydrogen) atoms. The molecule has 2 N–H and O–H groups in total. The summed E-state index contributed by atoms with van der Waals surface area (Å²) in [6.07, 6.45) is 6.98. The van der Waals surface area contributed by atoms with Gasteiger partial charge in [0, 0.05) is 0 Å². The van der Waals surface area contributed by atoms with Crippen LogP contribution in [0.1, 0.15) is 32.1 Å². The number of hydrogen-bond acceptors (Lipinski definition) is 1. The van der Waals surface area contributed by atoms with Crippen molar-refractivity contribution in [3.05, 3.63) is 0 Å². The summed E-state index contributed by atoms with van der Waals surface area (Å²) in [5.41, 5.74) is 1.77. The second-order valence-electron chi connectivity index (χ2n) is 2.73. The van der Waals surface area contributed by atoms with Crippen LogP contribution in [0.25, 0.3) is 0 Å². The average Bonchev–Trinajstić information content (AvgIpc) is 1.91. The van der Waals surface area contributed by atoms with Crippen molar-refractivity contribution >= 4 is 17.7 Å². The van der Waals surface area contributed by atoms with Crippen molar-refractivity contribution in [3.8, 4) is 0 Å². The molecule has 0 aromatic rings. The van der Waals surface area contributed by atoms with Gasteiger partial charge in [0.2, 0.25) is 0 Å². The Kier molecular flexibility index (Phi) is 3.15. The average molecular weight is 144 g/mol. The topological polar surface area (TPSA) is 16.6 Å². The number of rotatable bonds is 2. The predicted octanol–water partition coefficient (Wildman–Crippen LogP) is 0.840. The second-order valence-corrected chi connectivity index (χ2v) is 3.00. The van der Waals surface area contributed by atoms with E-state index in [1.54, 1.807) is 5.49 Å². The van der Waals surface area contributed by atoms with Gasteiger partial charge in [-0.2, -0.15) is 0 Å². The fourth-order valence-corrected chi connectivity index (χ4v) is 1.66. The zero-order valence-electron chi connectivity index (χ0n) is 5.68. The highest BCUT2D eigenvalue weighted by atomic mass is 32.1. The number of thiocarbonyl (C=S) groups is 1. The zero-order valence-corrected chi connectivity index (χ0v) is 6.49. The summed E-state index contributed by atoms with van der Waals surface area (Å²) in [6.45, 7) is 0. The van der Waals surface area contributed by atoms with Crippen LogP contribution in [-0.2, 0) is 0 Å². The molecule has 1 nitrogen and oxygen atoms in total. The second kappa shape index (κ2) is 3.96. The molecule has 1 rings (SSSR count). The Morgan fingerprint density at radius 1 is 1.22 bits per heavy atom. The molecule has 0 atom stereocenters. The Hall–Kier alpha value is 0.0500. The lowest BCUT2D eigenvalue weighted by molar-refractivity contribution is -0.572. The van der Waals surface area contributed by atoms with Crippen LogP contribution in [0.15, 0.2) is 0 Å². The predicted molar refractivity (Wildman–Crippen MR) is 42.5 cm³/mol. The minimum atomic E-state index is 0.816. The molecule has 0 aromatic heterocycles. The van der Waals surface area contributed by atoms with Gasteiger partial charge in [0.15, 0.2) is 5.49 Å². The molecule has 0 saturated heterocycles. The first kappa shape index (κ1) is 7.16. The summed E-state index contributed by atoms with van der Waals surface area (Å²) in [5, 5.41) is 2.18. The van der Waals surface area contributed by atoms with Crippen LogP contribution < -0.4 is 5.32 Å². The van der Waals surface area contributed by atoms with E-state index < -0.39 is 0 Å². The highest BCUT2D eigenvalue weighted by molar-refractivity contribution is 7.78. The van der Waals surface area contributed by atoms with Crippen LogP contribution >= 0.6 is 12.2 Å². The lowest BCUT2D eigenvalue weighted by Gasteiger charge is -2.16. The van der Waals surface area contributed by atoms with Crippen molar-refractivity contribution in [2.75, 3.05) is 0 Å². The van der Waals surface area contributed by atoms with Crippen LogP contribution in [0.4, 0.5) is 0 Å². The van der Waals surface area contributed by atoms with Crippen LogP contribution in [0.2, 0.25) is 0 Å². The summed E-state index contributed by atoms with van der Waals surface area (Å²) >= 11 is 4.75. The molecule has 0 amide bonds. The number of hydrogen-bond donors (Lipinski definition) is 1. The summed E-state index contributed by atoms with van der Waals surface area (Å²) in [7, 11) is 0. The van der Waals surface area contributed by atoms with Crippen molar-refractivity contribution < 1.29 is 5.32 Å². The number of nitrogens with two attached hydrogens (primary N) is 1. The fraction of sp³-hybridized carbons (Fsp3) is 0.857. The van der Waals surface area contributed by atoms with E-state index in [2.05, 4.69) is 5.32 Å². The molecule has 1 aliphatic rings. The Morgan fingerprint density at radius 2 is 1.89 bits per heavy atom. The lowest BCUT2D eigenvalue weighted by Crippen LogP contribution is -2.88. The molecular formula is C7H14NS+. The molecule has 0 aromatic carbocycles. The summed E-state index contributed by atoms with van der Waals surface area (Å²) in [6, 6.07) is 0.816. The van der Waals surface area contributed by atoms with Gasteiger partial charge in [-0.15, -0.1) is 0 Å². The van der Waals surface area contributed by atoms with Gasteiger partial charge in [-0.3, -0.25) is 0 Å². The molecule has 0 aliphatic heterocycles. The van der Waals surface area contributed by atoms with Crippen LogP contribution in [0, 0.1) is 0 Å². The van der Waals surface area contributed by atoms with Crippen molar-refractivity contribution in [1.29, 1.82) is 0 Å². The van der Waals surface area contributed by atoms with E-state index in [9.17, 15) is 0 Å². The zero-order chi connectivity index (χ0) is 6.53. The van der Waals surface area contributed by atoms with Gasteiger partial charge in [0.1, 0.15) is 0 Å². The minimum absolute atomic E-state index is 0.816. The van der Waals surface area contributed by atoms with Gasteiger partial charge in [0.25, 0.3) is 0 Å². The van der Waals surface area contributed by atoms with E-state index in [0.717, 1.165) is 6.04 Å². The molecule has 52 valence electrons. The molecule has 1 aliphatic carbocycles. The molecular weight excluding hydrogens is 130 g/mol. The largest absolute Gasteiger partial charge is 0.308 e. The molecule has 0 heterocycles. The van der Waals surface area contributed by atoms with Gasteiger partial charge in [-0.1, -0.05) is 6.42 Å². The SMILES string of the molecule is S=C[NH2+]C1CCCCC1. The van der Waals surface area contributed by atoms with E-state index in [1.807, 2.05) is 0 Å². The van der Waals surface area contributed by atoms with Gasteiger partial charge in [0.05, 0.1) is 6.04 Å². The molecule has 2 heteroatoms. The molecule has 0 spiro atoms. The molecule has 0 bridgehead atoms. The Labute approximate surface area is 61.8 Å². The quantitative estimate of drug-likeness (QED) is 0.568. The highest BCUT2D eigenvalue weighted by Crippen LogP contribution is 2.14. The van der Waals surface area contributed by atoms with Crippen molar-refractivity contribution in [3.63, 3.8) is 0 Å². The van der Waals surface area contributed by atoms with Crippen LogP contribution in [-0.4, -0.2) is 11.5 Å². The Balaban J connectivity index is 2.15. The first-order chi connectivity index (χ1) is 4.43. The third-order valence-electron chi connectivity index (χ3n) is 2.00. The van der Waals surface area contributed by atoms with E-state index >= 15 is 0 Å². The van der Waals surface area contributed by atoms with Crippen molar-refractivity contribution in [1.82, 2.24) is 0 Å². The van der Waals surface area contributed by atoms with Gasteiger partial charge >= 0.3 is 0 Å². The maximum Gasteiger partial charge on any atom is 0.158 e. The molecule has 1 fully saturated rings. The lowest BCUT2D eigenvalue weighted by atomic mass is 9.96. The van der Waals surface area contributed by atoms with Crippen LogP contribution in [0.5, 0.6) is 0 Å². The van der Waals surface area contributed by atoms with E-state index in [4.69, 9.17) is 12.2 Å². The van der Waals surface area contributed by atoms with E-state index in [-0.39, 0.29) is 0 Å². The van der Waals surface area contributed by atoms with Crippen molar-refractivity contribution in [2.45, 2.75) is 38.1 Å². The van der Waals surface area contributed by atoms with Crippen LogP contribution in [0.3, 0.4) is 0 Å². The third-order valence-corrected chi connectivity index (χ3v) is 2.16. The highest BCUT2D eigenvalue weighted by Gasteiger charge is 2.13.